The van der Waals surface area contributed by atoms with Gasteiger partial charge in [-0.3, -0.25) is 9.80 Å². The Morgan fingerprint density at radius 2 is 1.89 bits per heavy atom. The normalized spacial score (nSPS) is 26.7. The van der Waals surface area contributed by atoms with Crippen LogP contribution in [0.2, 0.25) is 0 Å². The maximum absolute atomic E-state index is 11.5. The summed E-state index contributed by atoms with van der Waals surface area (Å²) >= 11 is 0. The predicted octanol–water partition coefficient (Wildman–Crippen LogP) is 2.78. The van der Waals surface area contributed by atoms with Gasteiger partial charge in [0.25, 0.3) is 0 Å². The van der Waals surface area contributed by atoms with E-state index in [1.54, 1.807) is 4.90 Å². The summed E-state index contributed by atoms with van der Waals surface area (Å²) in [5.41, 5.74) is -0.306. The maximum Gasteiger partial charge on any atom is 0.408 e. The number of piperidine rings is 1. The van der Waals surface area contributed by atoms with Gasteiger partial charge in [-0.15, -0.1) is 0 Å². The fourth-order valence-corrected chi connectivity index (χ4v) is 3.27. The number of rotatable bonds is 2. The highest BCUT2D eigenvalue weighted by Gasteiger charge is 2.37. The molecule has 0 radical (unpaired) electrons. The largest absolute Gasteiger partial charge is 0.465 e. The molecule has 2 fully saturated rings. The van der Waals surface area contributed by atoms with Gasteiger partial charge in [0.05, 0.1) is 0 Å². The molecule has 0 aromatic heterocycles. The second kappa shape index (κ2) is 5.08. The maximum atomic E-state index is 11.5. The lowest BCUT2D eigenvalue weighted by Crippen LogP contribution is -2.58. The van der Waals surface area contributed by atoms with Gasteiger partial charge in [-0.2, -0.15) is 0 Å². The highest BCUT2D eigenvalue weighted by atomic mass is 16.4. The van der Waals surface area contributed by atoms with Crippen LogP contribution < -0.4 is 0 Å². The smallest absolute Gasteiger partial charge is 0.408 e. The van der Waals surface area contributed by atoms with E-state index in [1.807, 2.05) is 20.8 Å². The van der Waals surface area contributed by atoms with Crippen molar-refractivity contribution in [2.45, 2.75) is 70.5 Å². The van der Waals surface area contributed by atoms with Crippen molar-refractivity contribution in [1.29, 1.82) is 0 Å². The summed E-state index contributed by atoms with van der Waals surface area (Å²) in [4.78, 5) is 15.7. The number of carboxylic acid groups (broad SMARTS) is 1. The minimum absolute atomic E-state index is 0.164. The minimum Gasteiger partial charge on any atom is -0.465 e. The second-order valence-electron chi connectivity index (χ2n) is 6.70. The average molecular weight is 254 g/mol. The van der Waals surface area contributed by atoms with E-state index in [0.717, 1.165) is 32.0 Å². The van der Waals surface area contributed by atoms with Crippen molar-refractivity contribution in [3.8, 4) is 0 Å². The molecular weight excluding hydrogens is 228 g/mol. The Hall–Kier alpha value is -0.770. The minimum atomic E-state index is -0.775. The van der Waals surface area contributed by atoms with E-state index in [2.05, 4.69) is 4.90 Å². The van der Waals surface area contributed by atoms with Crippen LogP contribution in [-0.2, 0) is 0 Å². The van der Waals surface area contributed by atoms with Gasteiger partial charge in [-0.1, -0.05) is 6.42 Å². The van der Waals surface area contributed by atoms with Gasteiger partial charge in [-0.25, -0.2) is 4.79 Å². The van der Waals surface area contributed by atoms with Gasteiger partial charge in [-0.05, 0) is 53.0 Å². The molecule has 2 rings (SSSR count). The fraction of sp³-hybridized carbons (Fsp3) is 0.929. The van der Waals surface area contributed by atoms with Crippen molar-refractivity contribution in [2.24, 2.45) is 0 Å². The fourth-order valence-electron chi connectivity index (χ4n) is 3.27. The molecule has 1 saturated heterocycles. The first-order valence-electron chi connectivity index (χ1n) is 7.16. The number of likely N-dealkylation sites (tertiary alicyclic amines) is 1. The number of hydrogen-bond acceptors (Lipinski definition) is 2. The van der Waals surface area contributed by atoms with Gasteiger partial charge >= 0.3 is 6.09 Å². The number of carbonyl (C=O) groups is 1. The van der Waals surface area contributed by atoms with E-state index in [9.17, 15) is 9.90 Å². The molecule has 1 saturated carbocycles. The molecule has 4 nitrogen and oxygen atoms in total. The lowest BCUT2D eigenvalue weighted by molar-refractivity contribution is 0.0125. The molecule has 0 aromatic carbocycles. The van der Waals surface area contributed by atoms with Crippen molar-refractivity contribution in [3.63, 3.8) is 0 Å². The van der Waals surface area contributed by atoms with Crippen LogP contribution in [0.15, 0.2) is 0 Å². The van der Waals surface area contributed by atoms with Crippen molar-refractivity contribution in [1.82, 2.24) is 9.80 Å². The molecule has 0 unspecified atom stereocenters. The lowest BCUT2D eigenvalue weighted by Gasteiger charge is -2.47. The Kier molecular flexibility index (Phi) is 3.85. The first-order chi connectivity index (χ1) is 8.39. The molecule has 0 spiro atoms. The summed E-state index contributed by atoms with van der Waals surface area (Å²) in [6.07, 6.45) is 5.30. The molecule has 1 N–H and O–H groups in total. The van der Waals surface area contributed by atoms with E-state index >= 15 is 0 Å². The summed E-state index contributed by atoms with van der Waals surface area (Å²) in [7, 11) is 0. The van der Waals surface area contributed by atoms with E-state index in [0.29, 0.717) is 0 Å². The number of amides is 1. The van der Waals surface area contributed by atoms with E-state index < -0.39 is 6.09 Å². The summed E-state index contributed by atoms with van der Waals surface area (Å²) in [6, 6.07) is 0.889. The Bertz CT molecular complexity index is 307. The first-order valence-corrected chi connectivity index (χ1v) is 7.16. The molecule has 104 valence electrons. The summed E-state index contributed by atoms with van der Waals surface area (Å²) < 4.78 is 0. The zero-order valence-electron chi connectivity index (χ0n) is 11.9. The van der Waals surface area contributed by atoms with Crippen LogP contribution in [0.1, 0.15) is 52.9 Å². The van der Waals surface area contributed by atoms with Gasteiger partial charge in [0, 0.05) is 24.2 Å². The monoisotopic (exact) mass is 254 g/mol. The Balaban J connectivity index is 2.03. The van der Waals surface area contributed by atoms with Crippen molar-refractivity contribution >= 4 is 6.09 Å². The third kappa shape index (κ3) is 2.79. The molecule has 1 atom stereocenters. The lowest BCUT2D eigenvalue weighted by atomic mass is 9.88. The van der Waals surface area contributed by atoms with Crippen LogP contribution in [-0.4, -0.2) is 51.7 Å². The van der Waals surface area contributed by atoms with Gasteiger partial charge in [0.1, 0.15) is 0 Å². The van der Waals surface area contributed by atoms with Crippen LogP contribution in [0.5, 0.6) is 0 Å². The molecule has 1 aliphatic heterocycles. The SMILES string of the molecule is CC(C)(C)N(C(=O)O)[C@@H]1CCCN(C2CCC2)C1. The number of nitrogens with zero attached hydrogens (tertiary/aromatic N) is 2. The highest BCUT2D eigenvalue weighted by molar-refractivity contribution is 5.66. The van der Waals surface area contributed by atoms with Crippen LogP contribution in [0.3, 0.4) is 0 Å². The predicted molar refractivity (Wildman–Crippen MR) is 71.9 cm³/mol. The van der Waals surface area contributed by atoms with Crippen molar-refractivity contribution < 1.29 is 9.90 Å². The molecule has 0 aromatic rings. The second-order valence-corrected chi connectivity index (χ2v) is 6.70. The van der Waals surface area contributed by atoms with Crippen LogP contribution >= 0.6 is 0 Å². The van der Waals surface area contributed by atoms with E-state index in [-0.39, 0.29) is 11.6 Å². The molecule has 2 aliphatic rings. The van der Waals surface area contributed by atoms with Gasteiger partial charge in [0.2, 0.25) is 0 Å². The standard InChI is InChI=1S/C14H26N2O2/c1-14(2,3)16(13(17)18)12-8-5-9-15(10-12)11-6-4-7-11/h11-12H,4-10H2,1-3H3,(H,17,18)/t12-/m1/s1. The van der Waals surface area contributed by atoms with Gasteiger partial charge in [0.15, 0.2) is 0 Å². The molecule has 0 bridgehead atoms. The highest BCUT2D eigenvalue weighted by Crippen LogP contribution is 2.30. The summed E-state index contributed by atoms with van der Waals surface area (Å²) in [5.74, 6) is 0. The molecular formula is C14H26N2O2. The van der Waals surface area contributed by atoms with Crippen LogP contribution in [0, 0.1) is 0 Å². The molecule has 1 aliphatic carbocycles. The zero-order chi connectivity index (χ0) is 13.3. The zero-order valence-corrected chi connectivity index (χ0v) is 11.9. The van der Waals surface area contributed by atoms with Crippen LogP contribution in [0.4, 0.5) is 4.79 Å². The van der Waals surface area contributed by atoms with E-state index in [4.69, 9.17) is 0 Å². The van der Waals surface area contributed by atoms with Crippen molar-refractivity contribution in [2.75, 3.05) is 13.1 Å². The number of hydrogen-bond donors (Lipinski definition) is 1. The summed E-state index contributed by atoms with van der Waals surface area (Å²) in [5, 5.41) is 9.46. The Morgan fingerprint density at radius 3 is 2.33 bits per heavy atom. The van der Waals surface area contributed by atoms with Crippen molar-refractivity contribution in [3.05, 3.63) is 0 Å². The summed E-state index contributed by atoms with van der Waals surface area (Å²) in [6.45, 7) is 8.04. The quantitative estimate of drug-likeness (QED) is 0.824. The van der Waals surface area contributed by atoms with E-state index in [1.165, 1.54) is 19.3 Å². The third-order valence-electron chi connectivity index (χ3n) is 4.31. The average Bonchev–Trinajstić information content (AvgIpc) is 2.12. The third-order valence-corrected chi connectivity index (χ3v) is 4.31. The van der Waals surface area contributed by atoms with Gasteiger partial charge < -0.3 is 5.11 Å². The Labute approximate surface area is 110 Å². The molecule has 4 heteroatoms. The van der Waals surface area contributed by atoms with Crippen LogP contribution in [0.25, 0.3) is 0 Å². The topological polar surface area (TPSA) is 43.8 Å². The Morgan fingerprint density at radius 1 is 1.22 bits per heavy atom. The molecule has 1 heterocycles. The molecule has 18 heavy (non-hydrogen) atoms. The molecule has 1 amide bonds. The first kappa shape index (κ1) is 13.7.